The molecule has 1 fully saturated rings. The average molecular weight is 289 g/mol. The minimum Gasteiger partial charge on any atom is -0.339 e. The Balaban J connectivity index is 1.85. The molecule has 5 nitrogen and oxygen atoms in total. The van der Waals surface area contributed by atoms with Gasteiger partial charge in [-0.2, -0.15) is 11.8 Å². The van der Waals surface area contributed by atoms with E-state index in [0.717, 1.165) is 24.6 Å². The summed E-state index contributed by atoms with van der Waals surface area (Å²) in [5.74, 6) is 1.93. The van der Waals surface area contributed by atoms with Gasteiger partial charge in [0.25, 0.3) is 5.56 Å². The SMILES string of the molecule is O=C(Cn1cnc2ccccc2c1=O)N1CCSCC1. The highest BCUT2D eigenvalue weighted by Crippen LogP contribution is 2.10. The summed E-state index contributed by atoms with van der Waals surface area (Å²) in [6.45, 7) is 1.60. The maximum absolute atomic E-state index is 12.3. The second kappa shape index (κ2) is 5.66. The molecule has 0 spiro atoms. The van der Waals surface area contributed by atoms with Gasteiger partial charge in [0.1, 0.15) is 6.54 Å². The van der Waals surface area contributed by atoms with Crippen LogP contribution in [0.3, 0.4) is 0 Å². The molecule has 6 heteroatoms. The van der Waals surface area contributed by atoms with E-state index in [2.05, 4.69) is 4.98 Å². The van der Waals surface area contributed by atoms with E-state index in [0.29, 0.717) is 10.9 Å². The Morgan fingerprint density at radius 3 is 2.80 bits per heavy atom. The molecule has 104 valence electrons. The van der Waals surface area contributed by atoms with E-state index in [-0.39, 0.29) is 18.0 Å². The van der Waals surface area contributed by atoms with Gasteiger partial charge in [-0.15, -0.1) is 0 Å². The number of thioether (sulfide) groups is 1. The van der Waals surface area contributed by atoms with Crippen LogP contribution in [0.5, 0.6) is 0 Å². The summed E-state index contributed by atoms with van der Waals surface area (Å²) in [7, 11) is 0. The third kappa shape index (κ3) is 2.56. The lowest BCUT2D eigenvalue weighted by atomic mass is 10.2. The second-order valence-electron chi connectivity index (χ2n) is 4.69. The van der Waals surface area contributed by atoms with Crippen LogP contribution in [-0.4, -0.2) is 45.0 Å². The molecule has 1 aliphatic heterocycles. The fraction of sp³-hybridized carbons (Fsp3) is 0.357. The van der Waals surface area contributed by atoms with E-state index in [9.17, 15) is 9.59 Å². The van der Waals surface area contributed by atoms with Crippen LogP contribution in [0.1, 0.15) is 0 Å². The zero-order chi connectivity index (χ0) is 13.9. The van der Waals surface area contributed by atoms with Gasteiger partial charge in [0.05, 0.1) is 17.2 Å². The number of hydrogen-bond donors (Lipinski definition) is 0. The number of rotatable bonds is 2. The van der Waals surface area contributed by atoms with Crippen molar-refractivity contribution >= 4 is 28.6 Å². The van der Waals surface area contributed by atoms with Crippen molar-refractivity contribution in [1.82, 2.24) is 14.5 Å². The smallest absolute Gasteiger partial charge is 0.261 e. The summed E-state index contributed by atoms with van der Waals surface area (Å²) in [6, 6.07) is 7.18. The Kier molecular flexibility index (Phi) is 3.73. The van der Waals surface area contributed by atoms with Gasteiger partial charge < -0.3 is 4.90 Å². The lowest BCUT2D eigenvalue weighted by Crippen LogP contribution is -2.41. The molecule has 0 unspecified atom stereocenters. The Labute approximate surface area is 120 Å². The first kappa shape index (κ1) is 13.2. The van der Waals surface area contributed by atoms with Crippen molar-refractivity contribution in [2.24, 2.45) is 0 Å². The van der Waals surface area contributed by atoms with Crippen LogP contribution in [0.15, 0.2) is 35.4 Å². The number of nitrogens with zero attached hydrogens (tertiary/aromatic N) is 3. The Hall–Kier alpha value is -1.82. The van der Waals surface area contributed by atoms with E-state index in [1.165, 1.54) is 10.9 Å². The number of benzene rings is 1. The molecule has 0 radical (unpaired) electrons. The molecule has 0 N–H and O–H groups in total. The van der Waals surface area contributed by atoms with Crippen LogP contribution < -0.4 is 5.56 Å². The van der Waals surface area contributed by atoms with Crippen LogP contribution in [0.2, 0.25) is 0 Å². The van der Waals surface area contributed by atoms with Crippen molar-refractivity contribution in [3.05, 3.63) is 40.9 Å². The van der Waals surface area contributed by atoms with Gasteiger partial charge in [0.2, 0.25) is 5.91 Å². The number of carbonyl (C=O) groups excluding carboxylic acids is 1. The third-order valence-electron chi connectivity index (χ3n) is 3.40. The van der Waals surface area contributed by atoms with Gasteiger partial charge in [-0.3, -0.25) is 14.2 Å². The Bertz CT molecular complexity index is 692. The lowest BCUT2D eigenvalue weighted by Gasteiger charge is -2.26. The van der Waals surface area contributed by atoms with Gasteiger partial charge in [-0.25, -0.2) is 4.98 Å². The van der Waals surface area contributed by atoms with Gasteiger partial charge in [0.15, 0.2) is 0 Å². The molecule has 3 rings (SSSR count). The summed E-state index contributed by atoms with van der Waals surface area (Å²) in [5, 5.41) is 0.553. The molecule has 2 aromatic rings. The number of hydrogen-bond acceptors (Lipinski definition) is 4. The number of fused-ring (bicyclic) bond motifs is 1. The van der Waals surface area contributed by atoms with E-state index in [1.54, 1.807) is 18.2 Å². The number of amides is 1. The fourth-order valence-electron chi connectivity index (χ4n) is 2.28. The van der Waals surface area contributed by atoms with Crippen molar-refractivity contribution in [2.75, 3.05) is 24.6 Å². The first-order valence-electron chi connectivity index (χ1n) is 6.55. The van der Waals surface area contributed by atoms with Crippen LogP contribution in [-0.2, 0) is 11.3 Å². The molecular weight excluding hydrogens is 274 g/mol. The van der Waals surface area contributed by atoms with Crippen LogP contribution in [0, 0.1) is 0 Å². The summed E-state index contributed by atoms with van der Waals surface area (Å²) >= 11 is 1.85. The topological polar surface area (TPSA) is 55.2 Å². The maximum Gasteiger partial charge on any atom is 0.261 e. The van der Waals surface area contributed by atoms with Crippen LogP contribution in [0.4, 0.5) is 0 Å². The zero-order valence-electron chi connectivity index (χ0n) is 11.0. The normalized spacial score (nSPS) is 15.5. The Morgan fingerprint density at radius 1 is 1.25 bits per heavy atom. The second-order valence-corrected chi connectivity index (χ2v) is 5.91. The standard InChI is InChI=1S/C14H15N3O2S/c18-13(16-5-7-20-8-6-16)9-17-10-15-12-4-2-1-3-11(12)14(17)19/h1-4,10H,5-9H2. The minimum atomic E-state index is -0.157. The lowest BCUT2D eigenvalue weighted by molar-refractivity contribution is -0.131. The average Bonchev–Trinajstić information content (AvgIpc) is 2.51. The minimum absolute atomic E-state index is 0.00974. The molecule has 1 aromatic heterocycles. The van der Waals surface area contributed by atoms with Crippen molar-refractivity contribution in [1.29, 1.82) is 0 Å². The molecule has 0 saturated carbocycles. The molecule has 0 bridgehead atoms. The summed E-state index contributed by atoms with van der Waals surface area (Å²) in [4.78, 5) is 30.5. The highest BCUT2D eigenvalue weighted by atomic mass is 32.2. The molecule has 0 atom stereocenters. The van der Waals surface area contributed by atoms with E-state index in [4.69, 9.17) is 0 Å². The Morgan fingerprint density at radius 2 is 2.00 bits per heavy atom. The number of para-hydroxylation sites is 1. The predicted molar refractivity (Wildman–Crippen MR) is 79.9 cm³/mol. The summed E-state index contributed by atoms with van der Waals surface area (Å²) < 4.78 is 1.40. The maximum atomic E-state index is 12.3. The van der Waals surface area contributed by atoms with Crippen LogP contribution >= 0.6 is 11.8 Å². The third-order valence-corrected chi connectivity index (χ3v) is 4.34. The molecule has 1 aliphatic rings. The molecule has 1 amide bonds. The van der Waals surface area contributed by atoms with Gasteiger partial charge in [-0.1, -0.05) is 12.1 Å². The quantitative estimate of drug-likeness (QED) is 0.827. The van der Waals surface area contributed by atoms with Crippen LogP contribution in [0.25, 0.3) is 10.9 Å². The van der Waals surface area contributed by atoms with Gasteiger partial charge in [0, 0.05) is 24.6 Å². The first-order chi connectivity index (χ1) is 9.75. The van der Waals surface area contributed by atoms with Crippen molar-refractivity contribution in [2.45, 2.75) is 6.54 Å². The first-order valence-corrected chi connectivity index (χ1v) is 7.71. The summed E-state index contributed by atoms with van der Waals surface area (Å²) in [6.07, 6.45) is 1.46. The summed E-state index contributed by atoms with van der Waals surface area (Å²) in [5.41, 5.74) is 0.505. The number of aromatic nitrogens is 2. The van der Waals surface area contributed by atoms with E-state index >= 15 is 0 Å². The zero-order valence-corrected chi connectivity index (χ0v) is 11.8. The molecule has 0 aliphatic carbocycles. The fourth-order valence-corrected chi connectivity index (χ4v) is 3.18. The van der Waals surface area contributed by atoms with E-state index < -0.39 is 0 Å². The molecule has 2 heterocycles. The van der Waals surface area contributed by atoms with Gasteiger partial charge in [-0.05, 0) is 12.1 Å². The highest BCUT2D eigenvalue weighted by Gasteiger charge is 2.17. The monoisotopic (exact) mass is 289 g/mol. The molecule has 1 aromatic carbocycles. The van der Waals surface area contributed by atoms with Gasteiger partial charge >= 0.3 is 0 Å². The van der Waals surface area contributed by atoms with Crippen molar-refractivity contribution in [3.63, 3.8) is 0 Å². The van der Waals surface area contributed by atoms with Crippen molar-refractivity contribution in [3.8, 4) is 0 Å². The molecular formula is C14H15N3O2S. The number of carbonyl (C=O) groups is 1. The predicted octanol–water partition coefficient (Wildman–Crippen LogP) is 0.972. The van der Waals surface area contributed by atoms with E-state index in [1.807, 2.05) is 22.7 Å². The molecule has 20 heavy (non-hydrogen) atoms. The molecule has 1 saturated heterocycles. The van der Waals surface area contributed by atoms with Crippen molar-refractivity contribution < 1.29 is 4.79 Å². The largest absolute Gasteiger partial charge is 0.339 e. The highest BCUT2D eigenvalue weighted by molar-refractivity contribution is 7.99.